The highest BCUT2D eigenvalue weighted by atomic mass is 79.9. The topological polar surface area (TPSA) is 67.6 Å². The molecule has 0 amide bonds. The highest BCUT2D eigenvalue weighted by Gasteiger charge is 2.15. The number of hydrogen-bond donors (Lipinski definition) is 1. The lowest BCUT2D eigenvalue weighted by Gasteiger charge is -2.31. The first-order valence-electron chi connectivity index (χ1n) is 7.73. The van der Waals surface area contributed by atoms with Crippen LogP contribution >= 0.6 is 15.9 Å². The molecule has 0 unspecified atom stereocenters. The fourth-order valence-electron chi connectivity index (χ4n) is 2.68. The Hall–Kier alpha value is -2.12. The summed E-state index contributed by atoms with van der Waals surface area (Å²) in [6.45, 7) is 3.88. The molecular weight excluding hydrogens is 374 g/mol. The zero-order valence-electron chi connectivity index (χ0n) is 13.1. The van der Waals surface area contributed by atoms with Gasteiger partial charge in [0.25, 0.3) is 5.69 Å². The van der Waals surface area contributed by atoms with Crippen molar-refractivity contribution in [3.05, 3.63) is 62.6 Å². The van der Waals surface area contributed by atoms with Crippen LogP contribution in [-0.2, 0) is 11.3 Å². The summed E-state index contributed by atoms with van der Waals surface area (Å²) in [6.07, 6.45) is 0. The Kier molecular flexibility index (Phi) is 5.32. The Morgan fingerprint density at radius 2 is 1.88 bits per heavy atom. The van der Waals surface area contributed by atoms with Gasteiger partial charge >= 0.3 is 0 Å². The van der Waals surface area contributed by atoms with E-state index in [4.69, 9.17) is 4.74 Å². The van der Waals surface area contributed by atoms with Crippen LogP contribution in [0.25, 0.3) is 0 Å². The number of nitrogens with one attached hydrogen (secondary N) is 1. The predicted octanol–water partition coefficient (Wildman–Crippen LogP) is 3.81. The number of halogens is 1. The summed E-state index contributed by atoms with van der Waals surface area (Å²) in [6, 6.07) is 12.7. The molecule has 1 fully saturated rings. The summed E-state index contributed by atoms with van der Waals surface area (Å²) in [5.74, 6) is 0. The van der Waals surface area contributed by atoms with Crippen LogP contribution in [0, 0.1) is 10.1 Å². The van der Waals surface area contributed by atoms with Crippen LogP contribution in [0.5, 0.6) is 0 Å². The Bertz CT molecular complexity index is 716. The van der Waals surface area contributed by atoms with Crippen molar-refractivity contribution in [2.24, 2.45) is 0 Å². The van der Waals surface area contributed by atoms with Crippen LogP contribution in [0.2, 0.25) is 0 Å². The van der Waals surface area contributed by atoms with Gasteiger partial charge in [-0.1, -0.05) is 22.0 Å². The zero-order valence-corrected chi connectivity index (χ0v) is 14.7. The van der Waals surface area contributed by atoms with Crippen molar-refractivity contribution < 1.29 is 9.66 Å². The van der Waals surface area contributed by atoms with E-state index in [1.807, 2.05) is 6.07 Å². The molecular formula is C17H18BrN3O3. The number of nitrogens with zero attached hydrogens (tertiary/aromatic N) is 2. The molecule has 1 aliphatic rings. The minimum Gasteiger partial charge on any atom is -0.381 e. The molecule has 3 rings (SSSR count). The number of non-ortho nitro benzene ring substituents is 1. The molecule has 0 saturated carbocycles. The van der Waals surface area contributed by atoms with Gasteiger partial charge in [0.05, 0.1) is 18.1 Å². The van der Waals surface area contributed by atoms with Crippen LogP contribution in [0.4, 0.5) is 17.1 Å². The van der Waals surface area contributed by atoms with Gasteiger partial charge < -0.3 is 15.0 Å². The van der Waals surface area contributed by atoms with Gasteiger partial charge in [0.15, 0.2) is 0 Å². The highest BCUT2D eigenvalue weighted by molar-refractivity contribution is 9.10. The SMILES string of the molecule is O=[N+]([O-])c1ccc(NCc2ccc(Br)cc2N2CCOCC2)cc1. The van der Waals surface area contributed by atoms with Gasteiger partial charge in [0.1, 0.15) is 0 Å². The van der Waals surface area contributed by atoms with Gasteiger partial charge in [-0.15, -0.1) is 0 Å². The Morgan fingerprint density at radius 3 is 2.54 bits per heavy atom. The van der Waals surface area contributed by atoms with E-state index in [1.54, 1.807) is 12.1 Å². The number of benzene rings is 2. The minimum atomic E-state index is -0.394. The summed E-state index contributed by atoms with van der Waals surface area (Å²) in [4.78, 5) is 12.6. The van der Waals surface area contributed by atoms with Crippen molar-refractivity contribution >= 4 is 33.0 Å². The summed E-state index contributed by atoms with van der Waals surface area (Å²) in [7, 11) is 0. The van der Waals surface area contributed by atoms with E-state index < -0.39 is 4.92 Å². The van der Waals surface area contributed by atoms with E-state index in [9.17, 15) is 10.1 Å². The van der Waals surface area contributed by atoms with Gasteiger partial charge in [-0.05, 0) is 29.8 Å². The highest BCUT2D eigenvalue weighted by Crippen LogP contribution is 2.27. The molecule has 2 aromatic carbocycles. The molecule has 0 aromatic heterocycles. The van der Waals surface area contributed by atoms with Crippen LogP contribution in [0.3, 0.4) is 0 Å². The average molecular weight is 392 g/mol. The molecule has 0 spiro atoms. The number of hydrogen-bond acceptors (Lipinski definition) is 5. The second kappa shape index (κ2) is 7.63. The fourth-order valence-corrected chi connectivity index (χ4v) is 3.03. The van der Waals surface area contributed by atoms with Crippen molar-refractivity contribution in [1.82, 2.24) is 0 Å². The van der Waals surface area contributed by atoms with Crippen LogP contribution in [0.1, 0.15) is 5.56 Å². The first-order valence-corrected chi connectivity index (χ1v) is 8.52. The third-order valence-electron chi connectivity index (χ3n) is 3.96. The number of morpholine rings is 1. The van der Waals surface area contributed by atoms with Gasteiger partial charge in [-0.3, -0.25) is 10.1 Å². The third-order valence-corrected chi connectivity index (χ3v) is 4.45. The fraction of sp³-hybridized carbons (Fsp3) is 0.294. The van der Waals surface area contributed by atoms with Crippen LogP contribution in [0.15, 0.2) is 46.9 Å². The normalized spacial score (nSPS) is 14.5. The van der Waals surface area contributed by atoms with Gasteiger partial charge in [0, 0.05) is 47.6 Å². The van der Waals surface area contributed by atoms with E-state index in [2.05, 4.69) is 38.3 Å². The second-order valence-corrected chi connectivity index (χ2v) is 6.45. The van der Waals surface area contributed by atoms with E-state index in [0.717, 1.165) is 36.5 Å². The van der Waals surface area contributed by atoms with Gasteiger partial charge in [-0.2, -0.15) is 0 Å². The van der Waals surface area contributed by atoms with Crippen molar-refractivity contribution in [1.29, 1.82) is 0 Å². The summed E-state index contributed by atoms with van der Waals surface area (Å²) < 4.78 is 6.47. The lowest BCUT2D eigenvalue weighted by molar-refractivity contribution is -0.384. The lowest BCUT2D eigenvalue weighted by atomic mass is 10.1. The minimum absolute atomic E-state index is 0.0956. The number of rotatable bonds is 5. The van der Waals surface area contributed by atoms with Crippen LogP contribution in [-0.4, -0.2) is 31.2 Å². The molecule has 0 bridgehead atoms. The maximum atomic E-state index is 10.7. The number of ether oxygens (including phenoxy) is 1. The van der Waals surface area contributed by atoms with E-state index in [-0.39, 0.29) is 5.69 Å². The third kappa shape index (κ3) is 4.04. The quantitative estimate of drug-likeness (QED) is 0.619. The first-order chi connectivity index (χ1) is 11.6. The molecule has 7 heteroatoms. The van der Waals surface area contributed by atoms with Crippen LogP contribution < -0.4 is 10.2 Å². The molecule has 24 heavy (non-hydrogen) atoms. The lowest BCUT2D eigenvalue weighted by Crippen LogP contribution is -2.36. The number of nitro benzene ring substituents is 1. The number of anilines is 2. The van der Waals surface area contributed by atoms with Gasteiger partial charge in [-0.25, -0.2) is 0 Å². The van der Waals surface area contributed by atoms with Gasteiger partial charge in [0.2, 0.25) is 0 Å². The molecule has 0 aliphatic carbocycles. The van der Waals surface area contributed by atoms with Crippen molar-refractivity contribution in [3.63, 3.8) is 0 Å². The Balaban J connectivity index is 1.73. The molecule has 1 aliphatic heterocycles. The Morgan fingerprint density at radius 1 is 1.17 bits per heavy atom. The maximum absolute atomic E-state index is 10.7. The first kappa shape index (κ1) is 16.7. The summed E-state index contributed by atoms with van der Waals surface area (Å²) in [5.41, 5.74) is 3.31. The standard InChI is InChI=1S/C17H18BrN3O3/c18-14-2-1-13(17(11-14)20-7-9-24-10-8-20)12-19-15-3-5-16(6-4-15)21(22)23/h1-6,11,19H,7-10,12H2. The molecule has 126 valence electrons. The second-order valence-electron chi connectivity index (χ2n) is 5.53. The molecule has 6 nitrogen and oxygen atoms in total. The largest absolute Gasteiger partial charge is 0.381 e. The molecule has 2 aromatic rings. The molecule has 1 heterocycles. The molecule has 1 saturated heterocycles. The summed E-state index contributed by atoms with van der Waals surface area (Å²) in [5, 5.41) is 14.0. The van der Waals surface area contributed by atoms with Crippen molar-refractivity contribution in [2.45, 2.75) is 6.54 Å². The van der Waals surface area contributed by atoms with E-state index in [0.29, 0.717) is 6.54 Å². The maximum Gasteiger partial charge on any atom is 0.269 e. The average Bonchev–Trinajstić information content (AvgIpc) is 2.61. The predicted molar refractivity (Wildman–Crippen MR) is 97.6 cm³/mol. The van der Waals surface area contributed by atoms with Crippen molar-refractivity contribution in [3.8, 4) is 0 Å². The summed E-state index contributed by atoms with van der Waals surface area (Å²) >= 11 is 3.54. The van der Waals surface area contributed by atoms with Crippen molar-refractivity contribution in [2.75, 3.05) is 36.5 Å². The monoisotopic (exact) mass is 391 g/mol. The smallest absolute Gasteiger partial charge is 0.269 e. The zero-order chi connectivity index (χ0) is 16.9. The Labute approximate surface area is 148 Å². The van der Waals surface area contributed by atoms with E-state index in [1.165, 1.54) is 23.4 Å². The van der Waals surface area contributed by atoms with E-state index >= 15 is 0 Å². The molecule has 0 atom stereocenters. The molecule has 0 radical (unpaired) electrons. The number of nitro groups is 1. The molecule has 1 N–H and O–H groups in total.